The van der Waals surface area contributed by atoms with Crippen molar-refractivity contribution < 1.29 is 0 Å². The van der Waals surface area contributed by atoms with Crippen LogP contribution in [0.1, 0.15) is 0 Å². The van der Waals surface area contributed by atoms with Gasteiger partial charge in [0.05, 0.1) is 16.7 Å². The molecule has 0 unspecified atom stereocenters. The number of benzene rings is 13. The minimum Gasteiger partial charge on any atom is -0.310 e. The van der Waals surface area contributed by atoms with Crippen molar-refractivity contribution >= 4 is 82.0 Å². The number of hydrogen-bond donors (Lipinski definition) is 0. The molecule has 1 aromatic heterocycles. The molecule has 72 heavy (non-hydrogen) atoms. The molecule has 0 bridgehead atoms. The van der Waals surface area contributed by atoms with Crippen molar-refractivity contribution in [3.63, 3.8) is 0 Å². The van der Waals surface area contributed by atoms with Crippen LogP contribution < -0.4 is 4.90 Å². The molecule has 1 heterocycles. The molecule has 14 rings (SSSR count). The molecule has 0 aliphatic rings. The molecule has 0 saturated carbocycles. The summed E-state index contributed by atoms with van der Waals surface area (Å²) >= 11 is 0. The van der Waals surface area contributed by atoms with Gasteiger partial charge in [0.2, 0.25) is 0 Å². The van der Waals surface area contributed by atoms with Crippen LogP contribution in [0, 0.1) is 0 Å². The highest BCUT2D eigenvalue weighted by atomic mass is 15.1. The van der Waals surface area contributed by atoms with Gasteiger partial charge in [-0.05, 0) is 149 Å². The van der Waals surface area contributed by atoms with Gasteiger partial charge in [-0.15, -0.1) is 0 Å². The lowest BCUT2D eigenvalue weighted by molar-refractivity contribution is 1.18. The van der Waals surface area contributed by atoms with E-state index in [1.807, 2.05) is 0 Å². The first-order valence-corrected chi connectivity index (χ1v) is 24.8. The van der Waals surface area contributed by atoms with Crippen molar-refractivity contribution in [2.75, 3.05) is 4.90 Å². The van der Waals surface area contributed by atoms with Crippen molar-refractivity contribution in [1.29, 1.82) is 0 Å². The second kappa shape index (κ2) is 17.2. The second-order valence-corrected chi connectivity index (χ2v) is 18.8. The largest absolute Gasteiger partial charge is 0.310 e. The number of aromatic nitrogens is 1. The SMILES string of the molecule is c1ccc(-c2cc(N(c3ccc(-c4cc5ccccc5c5ccccc45)cc3)c3cccc(-c4cccc5ccccc45)c3)ccc2-c2ccccc2-n2c3ccccc3c3cc4ccccc4cc32)cc1. The van der Waals surface area contributed by atoms with E-state index >= 15 is 0 Å². The Morgan fingerprint density at radius 1 is 0.222 bits per heavy atom. The number of fused-ring (bicyclic) bond motifs is 8. The van der Waals surface area contributed by atoms with E-state index in [1.54, 1.807) is 0 Å². The summed E-state index contributed by atoms with van der Waals surface area (Å²) in [5.41, 5.74) is 16.2. The van der Waals surface area contributed by atoms with E-state index in [1.165, 1.54) is 87.1 Å². The molecule has 0 aliphatic heterocycles. The number of nitrogens with zero attached hydrogens (tertiary/aromatic N) is 2. The molecule has 0 amide bonds. The van der Waals surface area contributed by atoms with Gasteiger partial charge in [0.1, 0.15) is 0 Å². The third-order valence-corrected chi connectivity index (χ3v) is 14.7. The second-order valence-electron chi connectivity index (χ2n) is 18.8. The van der Waals surface area contributed by atoms with Gasteiger partial charge in [-0.2, -0.15) is 0 Å². The lowest BCUT2D eigenvalue weighted by atomic mass is 9.92. The van der Waals surface area contributed by atoms with Crippen molar-refractivity contribution in [2.45, 2.75) is 0 Å². The van der Waals surface area contributed by atoms with Gasteiger partial charge in [0.15, 0.2) is 0 Å². The molecule has 0 spiro atoms. The van der Waals surface area contributed by atoms with Gasteiger partial charge in [0, 0.05) is 33.4 Å². The zero-order chi connectivity index (χ0) is 47.5. The molecular weight excluding hydrogens is 869 g/mol. The number of para-hydroxylation sites is 2. The van der Waals surface area contributed by atoms with Crippen LogP contribution in [0.2, 0.25) is 0 Å². The zero-order valence-electron chi connectivity index (χ0n) is 39.5. The quantitative estimate of drug-likeness (QED) is 0.138. The van der Waals surface area contributed by atoms with Crippen LogP contribution in [0.5, 0.6) is 0 Å². The highest BCUT2D eigenvalue weighted by Crippen LogP contribution is 2.46. The van der Waals surface area contributed by atoms with E-state index in [9.17, 15) is 0 Å². The first-order valence-electron chi connectivity index (χ1n) is 24.8. The fourth-order valence-corrected chi connectivity index (χ4v) is 11.4. The Morgan fingerprint density at radius 2 is 0.792 bits per heavy atom. The molecule has 13 aromatic carbocycles. The zero-order valence-corrected chi connectivity index (χ0v) is 39.5. The van der Waals surface area contributed by atoms with E-state index in [0.717, 1.165) is 45.0 Å². The van der Waals surface area contributed by atoms with Crippen molar-refractivity contribution in [3.05, 3.63) is 279 Å². The fraction of sp³-hybridized carbons (Fsp3) is 0. The van der Waals surface area contributed by atoms with Crippen LogP contribution in [0.15, 0.2) is 279 Å². The minimum atomic E-state index is 1.07. The maximum Gasteiger partial charge on any atom is 0.0547 e. The predicted molar refractivity (Wildman–Crippen MR) is 307 cm³/mol. The topological polar surface area (TPSA) is 8.17 Å². The number of hydrogen-bond acceptors (Lipinski definition) is 1. The lowest BCUT2D eigenvalue weighted by Gasteiger charge is -2.28. The molecule has 2 heteroatoms. The average molecular weight is 915 g/mol. The smallest absolute Gasteiger partial charge is 0.0547 e. The molecule has 0 atom stereocenters. The summed E-state index contributed by atoms with van der Waals surface area (Å²) in [5.74, 6) is 0. The van der Waals surface area contributed by atoms with Crippen LogP contribution in [0.3, 0.4) is 0 Å². The van der Waals surface area contributed by atoms with Crippen LogP contribution >= 0.6 is 0 Å². The Hall–Kier alpha value is -9.50. The Kier molecular flexibility index (Phi) is 9.89. The summed E-state index contributed by atoms with van der Waals surface area (Å²) in [6.07, 6.45) is 0. The Bertz CT molecular complexity index is 4390. The Labute approximate surface area is 418 Å². The minimum absolute atomic E-state index is 1.07. The maximum atomic E-state index is 2.47. The molecule has 0 N–H and O–H groups in total. The van der Waals surface area contributed by atoms with Crippen molar-refractivity contribution in [1.82, 2.24) is 4.57 Å². The third-order valence-electron chi connectivity index (χ3n) is 14.7. The summed E-state index contributed by atoms with van der Waals surface area (Å²) in [4.78, 5) is 2.43. The van der Waals surface area contributed by atoms with E-state index in [0.29, 0.717) is 0 Å². The summed E-state index contributed by atoms with van der Waals surface area (Å²) in [7, 11) is 0. The van der Waals surface area contributed by atoms with Crippen LogP contribution in [0.4, 0.5) is 17.1 Å². The van der Waals surface area contributed by atoms with E-state index in [-0.39, 0.29) is 0 Å². The highest BCUT2D eigenvalue weighted by molar-refractivity contribution is 6.15. The molecular formula is C70H46N2. The normalized spacial score (nSPS) is 11.6. The maximum absolute atomic E-state index is 2.47. The average Bonchev–Trinajstić information content (AvgIpc) is 3.77. The molecule has 0 radical (unpaired) electrons. The summed E-state index contributed by atoms with van der Waals surface area (Å²) in [6.45, 7) is 0. The fourth-order valence-electron chi connectivity index (χ4n) is 11.4. The van der Waals surface area contributed by atoms with Crippen molar-refractivity contribution in [2.24, 2.45) is 0 Å². The predicted octanol–water partition coefficient (Wildman–Crippen LogP) is 19.5. The van der Waals surface area contributed by atoms with Crippen LogP contribution in [0.25, 0.3) is 115 Å². The monoisotopic (exact) mass is 914 g/mol. The molecule has 0 aliphatic carbocycles. The van der Waals surface area contributed by atoms with Gasteiger partial charge in [0.25, 0.3) is 0 Å². The van der Waals surface area contributed by atoms with Crippen LogP contribution in [-0.4, -0.2) is 4.57 Å². The van der Waals surface area contributed by atoms with E-state index in [2.05, 4.69) is 289 Å². The number of anilines is 3. The van der Waals surface area contributed by atoms with Gasteiger partial charge in [-0.3, -0.25) is 0 Å². The molecule has 0 fully saturated rings. The number of rotatable bonds is 8. The summed E-state index contributed by atoms with van der Waals surface area (Å²) < 4.78 is 2.47. The highest BCUT2D eigenvalue weighted by Gasteiger charge is 2.22. The van der Waals surface area contributed by atoms with E-state index in [4.69, 9.17) is 0 Å². The third kappa shape index (κ3) is 6.95. The molecule has 2 nitrogen and oxygen atoms in total. The van der Waals surface area contributed by atoms with Gasteiger partial charge in [-0.1, -0.05) is 212 Å². The Morgan fingerprint density at radius 3 is 1.62 bits per heavy atom. The first kappa shape index (κ1) is 41.5. The Balaban J connectivity index is 0.970. The van der Waals surface area contributed by atoms with Gasteiger partial charge >= 0.3 is 0 Å². The van der Waals surface area contributed by atoms with E-state index < -0.39 is 0 Å². The standard InChI is InChI=1S/C70H46N2/c1-2-18-48(19-3-1)66-46-56(40-41-62(66)63-31-12-14-34-68(63)72-69-35-15-13-32-64(69)67-43-50-21-4-5-22-51(50)45-70(67)72)71(55-26-16-25-52(42-55)58-33-17-24-47-20-6-8-27-57(47)58)54-38-36-49(37-39-54)65-44-53-23-7-9-28-59(53)60-29-10-11-30-61(60)65/h1-46H. The molecule has 0 saturated heterocycles. The molecule has 336 valence electrons. The summed E-state index contributed by atoms with van der Waals surface area (Å²) in [5, 5.41) is 12.5. The first-order chi connectivity index (χ1) is 35.7. The molecule has 14 aromatic rings. The van der Waals surface area contributed by atoms with Gasteiger partial charge < -0.3 is 9.47 Å². The van der Waals surface area contributed by atoms with Crippen LogP contribution in [-0.2, 0) is 0 Å². The summed E-state index contributed by atoms with van der Waals surface area (Å²) in [6, 6.07) is 102. The van der Waals surface area contributed by atoms with Crippen molar-refractivity contribution in [3.8, 4) is 50.2 Å². The lowest BCUT2D eigenvalue weighted by Crippen LogP contribution is -2.10. The van der Waals surface area contributed by atoms with Gasteiger partial charge in [-0.25, -0.2) is 0 Å².